The van der Waals surface area contributed by atoms with Crippen molar-refractivity contribution in [3.8, 4) is 0 Å². The van der Waals surface area contributed by atoms with Gasteiger partial charge < -0.3 is 4.74 Å². The Morgan fingerprint density at radius 1 is 1.22 bits per heavy atom. The molecule has 0 atom stereocenters. The van der Waals surface area contributed by atoms with Crippen LogP contribution < -0.4 is 0 Å². The minimum atomic E-state index is -0.727. The van der Waals surface area contributed by atoms with Crippen LogP contribution in [0.4, 0.5) is 0 Å². The maximum absolute atomic E-state index is 11.6. The highest BCUT2D eigenvalue weighted by atomic mass is 16.5. The summed E-state index contributed by atoms with van der Waals surface area (Å²) in [4.78, 5) is 22.9. The third-order valence-corrected chi connectivity index (χ3v) is 2.69. The quantitative estimate of drug-likeness (QED) is 0.594. The fourth-order valence-corrected chi connectivity index (χ4v) is 1.76. The standard InChI is InChI=1S/C15H20O3/c1-10(2)18-15(17)14(16)8-7-13-6-5-11(3)9-12(13)4/h5-6,9-10H,7-8H2,1-4H3. The van der Waals surface area contributed by atoms with Crippen LogP contribution in [0, 0.1) is 13.8 Å². The van der Waals surface area contributed by atoms with Crippen molar-refractivity contribution in [1.82, 2.24) is 0 Å². The van der Waals surface area contributed by atoms with Gasteiger partial charge in [0.15, 0.2) is 0 Å². The third-order valence-electron chi connectivity index (χ3n) is 2.69. The summed E-state index contributed by atoms with van der Waals surface area (Å²) in [5.41, 5.74) is 3.45. The van der Waals surface area contributed by atoms with Gasteiger partial charge in [-0.05, 0) is 45.2 Å². The zero-order valence-electron chi connectivity index (χ0n) is 11.4. The van der Waals surface area contributed by atoms with Crippen molar-refractivity contribution in [3.63, 3.8) is 0 Å². The first kappa shape index (κ1) is 14.4. The first-order valence-corrected chi connectivity index (χ1v) is 6.20. The summed E-state index contributed by atoms with van der Waals surface area (Å²) in [7, 11) is 0. The van der Waals surface area contributed by atoms with Crippen molar-refractivity contribution in [2.75, 3.05) is 0 Å². The zero-order chi connectivity index (χ0) is 13.7. The highest BCUT2D eigenvalue weighted by Gasteiger charge is 2.16. The van der Waals surface area contributed by atoms with Crippen LogP contribution in [0.25, 0.3) is 0 Å². The summed E-state index contributed by atoms with van der Waals surface area (Å²) in [5, 5.41) is 0. The molecule has 18 heavy (non-hydrogen) atoms. The summed E-state index contributed by atoms with van der Waals surface area (Å²) in [6.45, 7) is 7.51. The average Bonchev–Trinajstić information content (AvgIpc) is 2.26. The van der Waals surface area contributed by atoms with Gasteiger partial charge in [0.25, 0.3) is 0 Å². The summed E-state index contributed by atoms with van der Waals surface area (Å²) >= 11 is 0. The van der Waals surface area contributed by atoms with E-state index in [1.54, 1.807) is 13.8 Å². The highest BCUT2D eigenvalue weighted by Crippen LogP contribution is 2.12. The molecule has 0 aromatic heterocycles. The first-order valence-electron chi connectivity index (χ1n) is 6.20. The molecule has 3 nitrogen and oxygen atoms in total. The average molecular weight is 248 g/mol. The lowest BCUT2D eigenvalue weighted by molar-refractivity contribution is -0.156. The van der Waals surface area contributed by atoms with Crippen LogP contribution in [0.5, 0.6) is 0 Å². The second kappa shape index (κ2) is 6.34. The van der Waals surface area contributed by atoms with Crippen LogP contribution in [-0.2, 0) is 20.7 Å². The number of esters is 1. The van der Waals surface area contributed by atoms with Crippen LogP contribution in [0.3, 0.4) is 0 Å². The molecule has 0 bridgehead atoms. The second-order valence-electron chi connectivity index (χ2n) is 4.81. The van der Waals surface area contributed by atoms with Gasteiger partial charge in [-0.3, -0.25) is 4.79 Å². The number of ether oxygens (including phenoxy) is 1. The molecule has 1 rings (SSSR count). The van der Waals surface area contributed by atoms with E-state index in [0.29, 0.717) is 6.42 Å². The Bertz CT molecular complexity index is 447. The molecule has 1 aromatic rings. The lowest BCUT2D eigenvalue weighted by atomic mass is 10.0. The van der Waals surface area contributed by atoms with Gasteiger partial charge in [-0.1, -0.05) is 23.8 Å². The molecule has 0 aliphatic rings. The Balaban J connectivity index is 2.55. The van der Waals surface area contributed by atoms with Gasteiger partial charge in [-0.25, -0.2) is 4.79 Å². The third kappa shape index (κ3) is 4.32. The monoisotopic (exact) mass is 248 g/mol. The van der Waals surface area contributed by atoms with Gasteiger partial charge in [-0.15, -0.1) is 0 Å². The van der Waals surface area contributed by atoms with E-state index >= 15 is 0 Å². The molecule has 0 spiro atoms. The smallest absolute Gasteiger partial charge is 0.374 e. The van der Waals surface area contributed by atoms with Crippen molar-refractivity contribution in [2.45, 2.75) is 46.6 Å². The van der Waals surface area contributed by atoms with Crippen molar-refractivity contribution in [2.24, 2.45) is 0 Å². The van der Waals surface area contributed by atoms with Crippen LogP contribution in [-0.4, -0.2) is 17.9 Å². The Hall–Kier alpha value is -1.64. The normalized spacial score (nSPS) is 10.5. The molecule has 0 saturated carbocycles. The minimum absolute atomic E-state index is 0.204. The summed E-state index contributed by atoms with van der Waals surface area (Å²) in [6, 6.07) is 6.09. The zero-order valence-corrected chi connectivity index (χ0v) is 11.4. The number of hydrogen-bond acceptors (Lipinski definition) is 3. The molecule has 0 aliphatic heterocycles. The van der Waals surface area contributed by atoms with E-state index in [0.717, 1.165) is 11.1 Å². The molecule has 0 N–H and O–H groups in total. The number of hydrogen-bond donors (Lipinski definition) is 0. The number of carbonyl (C=O) groups excluding carboxylic acids is 2. The van der Waals surface area contributed by atoms with E-state index in [-0.39, 0.29) is 12.5 Å². The number of rotatable bonds is 5. The van der Waals surface area contributed by atoms with E-state index < -0.39 is 11.8 Å². The van der Waals surface area contributed by atoms with Crippen molar-refractivity contribution in [3.05, 3.63) is 34.9 Å². The van der Waals surface area contributed by atoms with E-state index in [9.17, 15) is 9.59 Å². The Labute approximate surface area is 108 Å². The fourth-order valence-electron chi connectivity index (χ4n) is 1.76. The predicted octanol–water partition coefficient (Wildman–Crippen LogP) is 2.76. The lowest BCUT2D eigenvalue weighted by Crippen LogP contribution is -2.21. The first-order chi connectivity index (χ1) is 8.40. The number of benzene rings is 1. The molecule has 3 heteroatoms. The van der Waals surface area contributed by atoms with Gasteiger partial charge >= 0.3 is 5.97 Å². The number of ketones is 1. The fraction of sp³-hybridized carbons (Fsp3) is 0.467. The van der Waals surface area contributed by atoms with Crippen molar-refractivity contribution in [1.29, 1.82) is 0 Å². The summed E-state index contributed by atoms with van der Waals surface area (Å²) in [5.74, 6) is -1.18. The predicted molar refractivity (Wildman–Crippen MR) is 70.5 cm³/mol. The molecule has 0 amide bonds. The van der Waals surface area contributed by atoms with Crippen LogP contribution in [0.2, 0.25) is 0 Å². The second-order valence-corrected chi connectivity index (χ2v) is 4.81. The van der Waals surface area contributed by atoms with Crippen LogP contribution in [0.15, 0.2) is 18.2 Å². The number of aryl methyl sites for hydroxylation is 3. The molecule has 0 radical (unpaired) electrons. The van der Waals surface area contributed by atoms with Gasteiger partial charge in [0.1, 0.15) is 0 Å². The number of Topliss-reactive ketones (excluding diaryl/α,β-unsaturated/α-hetero) is 1. The molecule has 0 unspecified atom stereocenters. The Morgan fingerprint density at radius 2 is 1.89 bits per heavy atom. The molecule has 0 aliphatic carbocycles. The largest absolute Gasteiger partial charge is 0.457 e. The topological polar surface area (TPSA) is 43.4 Å². The summed E-state index contributed by atoms with van der Waals surface area (Å²) in [6.07, 6.45) is 0.538. The van der Waals surface area contributed by atoms with E-state index in [2.05, 4.69) is 6.07 Å². The maximum Gasteiger partial charge on any atom is 0.374 e. The molecule has 1 aromatic carbocycles. The Kier molecular flexibility index (Phi) is 5.08. The van der Waals surface area contributed by atoms with Gasteiger partial charge in [-0.2, -0.15) is 0 Å². The molecular formula is C15H20O3. The van der Waals surface area contributed by atoms with Gasteiger partial charge in [0.05, 0.1) is 6.10 Å². The maximum atomic E-state index is 11.6. The summed E-state index contributed by atoms with van der Waals surface area (Å²) < 4.78 is 4.86. The SMILES string of the molecule is Cc1ccc(CCC(=O)C(=O)OC(C)C)c(C)c1. The van der Waals surface area contributed by atoms with Gasteiger partial charge in [0, 0.05) is 6.42 Å². The van der Waals surface area contributed by atoms with Gasteiger partial charge in [0.2, 0.25) is 5.78 Å². The molecule has 0 saturated heterocycles. The van der Waals surface area contributed by atoms with E-state index in [1.807, 2.05) is 26.0 Å². The van der Waals surface area contributed by atoms with Crippen molar-refractivity contribution < 1.29 is 14.3 Å². The highest BCUT2D eigenvalue weighted by molar-refractivity contribution is 6.33. The lowest BCUT2D eigenvalue weighted by Gasteiger charge is -2.08. The molecule has 0 fully saturated rings. The van der Waals surface area contributed by atoms with E-state index in [1.165, 1.54) is 5.56 Å². The number of carbonyl (C=O) groups is 2. The molecular weight excluding hydrogens is 228 g/mol. The van der Waals surface area contributed by atoms with E-state index in [4.69, 9.17) is 4.74 Å². The van der Waals surface area contributed by atoms with Crippen LogP contribution in [0.1, 0.15) is 37.0 Å². The Morgan fingerprint density at radius 3 is 2.44 bits per heavy atom. The molecule has 98 valence electrons. The van der Waals surface area contributed by atoms with Crippen LogP contribution >= 0.6 is 0 Å². The minimum Gasteiger partial charge on any atom is -0.457 e. The van der Waals surface area contributed by atoms with Crippen molar-refractivity contribution >= 4 is 11.8 Å². The molecule has 0 heterocycles.